The van der Waals surface area contributed by atoms with Crippen molar-refractivity contribution in [3.8, 4) is 0 Å². The number of halogens is 1. The van der Waals surface area contributed by atoms with Crippen molar-refractivity contribution < 1.29 is 33.7 Å². The Bertz CT molecular complexity index is 1020. The first-order valence-corrected chi connectivity index (χ1v) is 14.6. The first kappa shape index (κ1) is 25.2. The normalized spacial score (nSPS) is 50.2. The Balaban J connectivity index is 1.36. The maximum atomic E-state index is 17.4. The first-order valence-electron chi connectivity index (χ1n) is 13.4. The van der Waals surface area contributed by atoms with Crippen LogP contribution in [0.2, 0.25) is 0 Å². The van der Waals surface area contributed by atoms with Crippen molar-refractivity contribution in [1.82, 2.24) is 0 Å². The molecule has 6 nitrogen and oxygen atoms in total. The number of hydrogen-bond donors (Lipinski definition) is 2. The Morgan fingerprint density at radius 3 is 2.72 bits per heavy atom. The molecule has 198 valence electrons. The second-order valence-corrected chi connectivity index (χ2v) is 13.5. The van der Waals surface area contributed by atoms with E-state index in [0.717, 1.165) is 29.9 Å². The van der Waals surface area contributed by atoms with E-state index in [1.54, 1.807) is 13.0 Å². The summed E-state index contributed by atoms with van der Waals surface area (Å²) in [5.41, 5.74) is -4.61. The summed E-state index contributed by atoms with van der Waals surface area (Å²) in [7, 11) is 0. The molecule has 0 spiro atoms. The number of ether oxygens (including phenoxy) is 2. The van der Waals surface area contributed by atoms with E-state index in [2.05, 4.69) is 0 Å². The summed E-state index contributed by atoms with van der Waals surface area (Å²) in [6, 6.07) is 0. The zero-order valence-electron chi connectivity index (χ0n) is 21.1. The summed E-state index contributed by atoms with van der Waals surface area (Å²) < 4.78 is 30.4. The van der Waals surface area contributed by atoms with Gasteiger partial charge in [-0.1, -0.05) is 24.6 Å². The molecular formula is C28H37FO6S. The predicted octanol–water partition coefficient (Wildman–Crippen LogP) is 3.54. The number of carbonyl (C=O) groups excluding carboxylic acids is 2. The quantitative estimate of drug-likeness (QED) is 0.548. The number of alkyl halides is 1. The largest absolute Gasteiger partial charge is 0.390 e. The highest BCUT2D eigenvalue weighted by Crippen LogP contribution is 2.71. The van der Waals surface area contributed by atoms with Crippen LogP contribution in [0.25, 0.3) is 0 Å². The van der Waals surface area contributed by atoms with E-state index in [0.29, 0.717) is 25.2 Å². The number of ketones is 2. The van der Waals surface area contributed by atoms with E-state index in [-0.39, 0.29) is 24.5 Å². The van der Waals surface area contributed by atoms with Gasteiger partial charge in [-0.05, 0) is 68.4 Å². The molecule has 0 amide bonds. The molecule has 0 radical (unpaired) electrons. The molecule has 0 aromatic heterocycles. The molecule has 1 unspecified atom stereocenters. The van der Waals surface area contributed by atoms with Gasteiger partial charge in [0.2, 0.25) is 0 Å². The van der Waals surface area contributed by atoms with Gasteiger partial charge >= 0.3 is 0 Å². The predicted molar refractivity (Wildman–Crippen MR) is 133 cm³/mol. The van der Waals surface area contributed by atoms with Gasteiger partial charge in [0.25, 0.3) is 0 Å². The molecule has 0 aromatic carbocycles. The number of allylic oxidation sites excluding steroid dienone is 4. The van der Waals surface area contributed by atoms with Gasteiger partial charge in [-0.15, -0.1) is 0 Å². The smallest absolute Gasteiger partial charge is 0.193 e. The lowest BCUT2D eigenvalue weighted by Crippen LogP contribution is -2.69. The van der Waals surface area contributed by atoms with Gasteiger partial charge in [-0.2, -0.15) is 11.8 Å². The molecule has 9 atom stereocenters. The van der Waals surface area contributed by atoms with Gasteiger partial charge < -0.3 is 19.7 Å². The van der Waals surface area contributed by atoms with Gasteiger partial charge in [-0.3, -0.25) is 9.59 Å². The lowest BCUT2D eigenvalue weighted by atomic mass is 9.45. The number of rotatable bonds is 4. The SMILES string of the molecule is C[C@]12C=CC(=O)CC1=CC[C@H]1[C@@H]3C[C@H]4OC(CC5CCSCC5)O[C@@]4(C(=O)CO)[C@@]3(C)C[C@H](O)[C@@]12F. The number of thioether (sulfide) groups is 1. The zero-order chi connectivity index (χ0) is 25.5. The Labute approximate surface area is 216 Å². The van der Waals surface area contributed by atoms with Crippen LogP contribution in [0, 0.1) is 28.6 Å². The third kappa shape index (κ3) is 3.11. The van der Waals surface area contributed by atoms with Gasteiger partial charge in [0.15, 0.2) is 29.1 Å². The minimum absolute atomic E-state index is 0.0354. The number of fused-ring (bicyclic) bond motifs is 7. The fraction of sp³-hybridized carbons (Fsp3) is 0.786. The highest BCUT2D eigenvalue weighted by Gasteiger charge is 2.79. The third-order valence-electron chi connectivity index (χ3n) is 10.8. The van der Waals surface area contributed by atoms with E-state index in [4.69, 9.17) is 9.47 Å². The fourth-order valence-corrected chi connectivity index (χ4v) is 10.1. The summed E-state index contributed by atoms with van der Waals surface area (Å²) >= 11 is 1.95. The minimum Gasteiger partial charge on any atom is -0.390 e. The number of Topliss-reactive ketones (excluding diaryl/α,β-unsaturated/α-hetero) is 1. The van der Waals surface area contributed by atoms with Crippen LogP contribution in [0.15, 0.2) is 23.8 Å². The van der Waals surface area contributed by atoms with Gasteiger partial charge in [0.1, 0.15) is 6.61 Å². The van der Waals surface area contributed by atoms with E-state index in [1.807, 2.05) is 24.8 Å². The van der Waals surface area contributed by atoms with E-state index < -0.39 is 58.9 Å². The van der Waals surface area contributed by atoms with Crippen molar-refractivity contribution in [1.29, 1.82) is 0 Å². The van der Waals surface area contributed by atoms with Crippen molar-refractivity contribution >= 4 is 23.3 Å². The van der Waals surface area contributed by atoms with Crippen LogP contribution in [0.1, 0.15) is 58.8 Å². The lowest BCUT2D eigenvalue weighted by molar-refractivity contribution is -0.228. The van der Waals surface area contributed by atoms with E-state index >= 15 is 4.39 Å². The summed E-state index contributed by atoms with van der Waals surface area (Å²) in [5, 5.41) is 21.6. The standard InChI is InChI=1S/C28H37FO6S/c1-25-8-5-18(31)12-17(25)3-4-19-20-13-23-28(22(33)15-30,26(20,2)14-21(32)27(19,25)29)35-24(34-23)11-16-6-9-36-10-7-16/h3,5,8,16,19-21,23-24,30,32H,4,6-7,9-15H2,1-2H3/t19-,20-,21-,23+,24?,25-,26-,27-,28+/m0/s1. The maximum Gasteiger partial charge on any atom is 0.193 e. The Kier molecular flexibility index (Phi) is 5.94. The zero-order valence-corrected chi connectivity index (χ0v) is 21.9. The molecule has 2 N–H and O–H groups in total. The average molecular weight is 521 g/mol. The van der Waals surface area contributed by atoms with E-state index in [1.165, 1.54) is 6.08 Å². The van der Waals surface area contributed by atoms with Crippen LogP contribution in [-0.4, -0.2) is 69.7 Å². The van der Waals surface area contributed by atoms with Crippen molar-refractivity contribution in [2.24, 2.45) is 28.6 Å². The van der Waals surface area contributed by atoms with Crippen molar-refractivity contribution in [2.75, 3.05) is 18.1 Å². The Hall–Kier alpha value is -1.06. The van der Waals surface area contributed by atoms with Crippen molar-refractivity contribution in [2.45, 2.75) is 88.6 Å². The molecule has 2 saturated carbocycles. The fourth-order valence-electron chi connectivity index (χ4n) is 8.91. The molecule has 2 saturated heterocycles. The summed E-state index contributed by atoms with van der Waals surface area (Å²) in [6.45, 7) is 3.04. The second-order valence-electron chi connectivity index (χ2n) is 12.3. The van der Waals surface area contributed by atoms with Gasteiger partial charge in [-0.25, -0.2) is 4.39 Å². The molecule has 4 aliphatic carbocycles. The molecule has 0 aromatic rings. The monoisotopic (exact) mass is 520 g/mol. The van der Waals surface area contributed by atoms with Crippen LogP contribution in [0.4, 0.5) is 4.39 Å². The summed E-state index contributed by atoms with van der Waals surface area (Å²) in [5.74, 6) is 1.37. The molecular weight excluding hydrogens is 483 g/mol. The molecule has 6 rings (SSSR count). The Morgan fingerprint density at radius 2 is 2.00 bits per heavy atom. The number of hydrogen-bond acceptors (Lipinski definition) is 7. The van der Waals surface area contributed by atoms with E-state index in [9.17, 15) is 19.8 Å². The highest BCUT2D eigenvalue weighted by atomic mass is 32.2. The van der Waals surface area contributed by atoms with Crippen LogP contribution in [0.3, 0.4) is 0 Å². The summed E-state index contributed by atoms with van der Waals surface area (Å²) in [6.07, 6.45) is 6.53. The topological polar surface area (TPSA) is 93.1 Å². The van der Waals surface area contributed by atoms with Crippen LogP contribution in [-0.2, 0) is 19.1 Å². The maximum absolute atomic E-state index is 17.4. The highest BCUT2D eigenvalue weighted by molar-refractivity contribution is 7.99. The molecule has 6 aliphatic rings. The average Bonchev–Trinajstić information content (AvgIpc) is 3.33. The van der Waals surface area contributed by atoms with Crippen LogP contribution < -0.4 is 0 Å². The minimum atomic E-state index is -1.97. The Morgan fingerprint density at radius 1 is 1.25 bits per heavy atom. The number of aliphatic hydroxyl groups excluding tert-OH is 2. The second kappa shape index (κ2) is 8.47. The molecule has 2 aliphatic heterocycles. The van der Waals surface area contributed by atoms with Crippen LogP contribution >= 0.6 is 11.8 Å². The molecule has 0 bridgehead atoms. The number of carbonyl (C=O) groups is 2. The van der Waals surface area contributed by atoms with Gasteiger partial charge in [0, 0.05) is 29.6 Å². The molecule has 36 heavy (non-hydrogen) atoms. The van der Waals surface area contributed by atoms with Gasteiger partial charge in [0.05, 0.1) is 12.2 Å². The van der Waals surface area contributed by atoms with Crippen LogP contribution in [0.5, 0.6) is 0 Å². The van der Waals surface area contributed by atoms with Crippen molar-refractivity contribution in [3.05, 3.63) is 23.8 Å². The third-order valence-corrected chi connectivity index (χ3v) is 11.9. The summed E-state index contributed by atoms with van der Waals surface area (Å²) in [4.78, 5) is 25.6. The molecule has 8 heteroatoms. The first-order chi connectivity index (χ1) is 17.1. The van der Waals surface area contributed by atoms with Crippen molar-refractivity contribution in [3.63, 3.8) is 0 Å². The lowest BCUT2D eigenvalue weighted by Gasteiger charge is -2.62. The molecule has 4 fully saturated rings. The molecule has 2 heterocycles. The number of aliphatic hydroxyl groups is 2.